The predicted octanol–water partition coefficient (Wildman–Crippen LogP) is 1.01. The molecule has 1 heterocycles. The quantitative estimate of drug-likeness (QED) is 0.579. The summed E-state index contributed by atoms with van der Waals surface area (Å²) in [5, 5.41) is 11.5. The molecule has 150 valence electrons. The molecule has 2 N–H and O–H groups in total. The molecule has 0 radical (unpaired) electrons. The second-order valence-electron chi connectivity index (χ2n) is 7.06. The second-order valence-corrected chi connectivity index (χ2v) is 7.06. The monoisotopic (exact) mass is 374 g/mol. The third-order valence-electron chi connectivity index (χ3n) is 3.65. The van der Waals surface area contributed by atoms with Gasteiger partial charge >= 0.3 is 12.1 Å². The molecule has 2 atom stereocenters. The number of ether oxygens (including phenoxy) is 3. The van der Waals surface area contributed by atoms with Crippen molar-refractivity contribution in [1.29, 1.82) is 0 Å². The van der Waals surface area contributed by atoms with Crippen LogP contribution in [0.1, 0.15) is 40.5 Å². The number of carboxylic acid groups (broad SMARTS) is 1. The number of likely N-dealkylation sites (tertiary alicyclic amines) is 1. The van der Waals surface area contributed by atoms with Gasteiger partial charge in [0.05, 0.1) is 25.7 Å². The first-order valence-electron chi connectivity index (χ1n) is 8.81. The lowest BCUT2D eigenvalue weighted by Crippen LogP contribution is -2.46. The van der Waals surface area contributed by atoms with Crippen molar-refractivity contribution < 1.29 is 33.7 Å². The van der Waals surface area contributed by atoms with Gasteiger partial charge in [-0.1, -0.05) is 0 Å². The van der Waals surface area contributed by atoms with Crippen molar-refractivity contribution in [3.8, 4) is 0 Å². The molecule has 2 amide bonds. The molecule has 0 saturated carbocycles. The number of hydrogen-bond donors (Lipinski definition) is 2. The molecule has 9 heteroatoms. The maximum absolute atomic E-state index is 12.3. The summed E-state index contributed by atoms with van der Waals surface area (Å²) < 4.78 is 15.9. The van der Waals surface area contributed by atoms with Gasteiger partial charge in [0.1, 0.15) is 11.6 Å². The van der Waals surface area contributed by atoms with Crippen LogP contribution in [0.4, 0.5) is 4.79 Å². The van der Waals surface area contributed by atoms with E-state index in [0.29, 0.717) is 39.3 Å². The minimum absolute atomic E-state index is 0.0819. The van der Waals surface area contributed by atoms with E-state index in [0.717, 1.165) is 0 Å². The third kappa shape index (κ3) is 8.48. The molecular formula is C17H30N2O7. The lowest BCUT2D eigenvalue weighted by molar-refractivity contribution is -0.143. The van der Waals surface area contributed by atoms with Gasteiger partial charge in [0.15, 0.2) is 0 Å². The summed E-state index contributed by atoms with van der Waals surface area (Å²) in [6.07, 6.45) is -0.590. The van der Waals surface area contributed by atoms with E-state index in [1.165, 1.54) is 0 Å². The summed E-state index contributed by atoms with van der Waals surface area (Å²) in [5.41, 5.74) is -0.752. The van der Waals surface area contributed by atoms with Crippen LogP contribution < -0.4 is 5.32 Å². The number of hydrogen-bond acceptors (Lipinski definition) is 6. The van der Waals surface area contributed by atoms with Gasteiger partial charge in [0, 0.05) is 19.7 Å². The van der Waals surface area contributed by atoms with E-state index in [4.69, 9.17) is 14.2 Å². The molecule has 1 aliphatic rings. The number of carbonyl (C=O) groups is 3. The zero-order valence-corrected chi connectivity index (χ0v) is 15.9. The Bertz CT molecular complexity index is 490. The maximum atomic E-state index is 12.3. The highest BCUT2D eigenvalue weighted by molar-refractivity contribution is 5.87. The molecule has 2 unspecified atom stereocenters. The summed E-state index contributed by atoms with van der Waals surface area (Å²) in [7, 11) is 0. The molecule has 26 heavy (non-hydrogen) atoms. The fourth-order valence-electron chi connectivity index (χ4n) is 2.46. The number of rotatable bonds is 9. The van der Waals surface area contributed by atoms with Crippen LogP contribution in [0.15, 0.2) is 0 Å². The number of amides is 2. The summed E-state index contributed by atoms with van der Waals surface area (Å²) >= 11 is 0. The molecule has 1 fully saturated rings. The van der Waals surface area contributed by atoms with Crippen LogP contribution in [0.3, 0.4) is 0 Å². The van der Waals surface area contributed by atoms with Gasteiger partial charge in [-0.15, -0.1) is 0 Å². The number of carbonyl (C=O) groups excluding carboxylic acids is 2. The zero-order valence-electron chi connectivity index (χ0n) is 15.9. The third-order valence-corrected chi connectivity index (χ3v) is 3.65. The van der Waals surface area contributed by atoms with E-state index in [1.54, 1.807) is 25.7 Å². The van der Waals surface area contributed by atoms with E-state index in [1.807, 2.05) is 6.92 Å². The second kappa shape index (κ2) is 10.3. The first-order chi connectivity index (χ1) is 12.1. The Labute approximate surface area is 154 Å². The van der Waals surface area contributed by atoms with Crippen LogP contribution in [0.2, 0.25) is 0 Å². The Morgan fingerprint density at radius 2 is 1.96 bits per heavy atom. The largest absolute Gasteiger partial charge is 0.480 e. The van der Waals surface area contributed by atoms with Crippen LogP contribution in [0.25, 0.3) is 0 Å². The van der Waals surface area contributed by atoms with E-state index >= 15 is 0 Å². The van der Waals surface area contributed by atoms with Gasteiger partial charge in [0.2, 0.25) is 5.91 Å². The van der Waals surface area contributed by atoms with Crippen LogP contribution in [0, 0.1) is 0 Å². The number of nitrogens with one attached hydrogen (secondary N) is 1. The first-order valence-corrected chi connectivity index (χ1v) is 8.81. The minimum Gasteiger partial charge on any atom is -0.480 e. The molecule has 0 bridgehead atoms. The summed E-state index contributed by atoms with van der Waals surface area (Å²) in [6.45, 7) is 9.40. The highest BCUT2D eigenvalue weighted by Crippen LogP contribution is 2.15. The zero-order chi connectivity index (χ0) is 19.7. The molecule has 0 aromatic heterocycles. The number of alkyl carbamates (subject to hydrolysis) is 1. The Kier molecular flexibility index (Phi) is 8.80. The summed E-state index contributed by atoms with van der Waals surface area (Å²) in [5.74, 6) is -1.63. The van der Waals surface area contributed by atoms with E-state index < -0.39 is 23.7 Å². The SMILES string of the molecule is CCOCCOC1CCN(C(=O)CC(NC(=O)OC(C)(C)C)C(=O)O)C1. The average molecular weight is 374 g/mol. The molecule has 1 rings (SSSR count). The molecular weight excluding hydrogens is 344 g/mol. The maximum Gasteiger partial charge on any atom is 0.408 e. The Morgan fingerprint density at radius 1 is 1.27 bits per heavy atom. The molecule has 0 aromatic rings. The molecule has 0 spiro atoms. The van der Waals surface area contributed by atoms with Crippen molar-refractivity contribution in [3.63, 3.8) is 0 Å². The van der Waals surface area contributed by atoms with Gasteiger partial charge in [-0.2, -0.15) is 0 Å². The normalized spacial score (nSPS) is 18.5. The molecule has 1 saturated heterocycles. The van der Waals surface area contributed by atoms with Gasteiger partial charge in [0.25, 0.3) is 0 Å². The van der Waals surface area contributed by atoms with Crippen molar-refractivity contribution in [2.24, 2.45) is 0 Å². The fraction of sp³-hybridized carbons (Fsp3) is 0.824. The Hall–Kier alpha value is -1.87. The van der Waals surface area contributed by atoms with Crippen molar-refractivity contribution in [2.45, 2.75) is 58.3 Å². The molecule has 9 nitrogen and oxygen atoms in total. The fourth-order valence-corrected chi connectivity index (χ4v) is 2.46. The lowest BCUT2D eigenvalue weighted by Gasteiger charge is -2.23. The lowest BCUT2D eigenvalue weighted by atomic mass is 10.2. The highest BCUT2D eigenvalue weighted by atomic mass is 16.6. The molecule has 1 aliphatic heterocycles. The van der Waals surface area contributed by atoms with Gasteiger partial charge < -0.3 is 29.5 Å². The number of aliphatic carboxylic acids is 1. The van der Waals surface area contributed by atoms with Crippen molar-refractivity contribution in [1.82, 2.24) is 10.2 Å². The predicted molar refractivity (Wildman–Crippen MR) is 92.8 cm³/mol. The Morgan fingerprint density at radius 3 is 2.54 bits per heavy atom. The van der Waals surface area contributed by atoms with Crippen molar-refractivity contribution >= 4 is 18.0 Å². The summed E-state index contributed by atoms with van der Waals surface area (Å²) in [6, 6.07) is -1.34. The highest BCUT2D eigenvalue weighted by Gasteiger charge is 2.31. The number of carboxylic acids is 1. The standard InChI is InChI=1S/C17H30N2O7/c1-5-24-8-9-25-12-6-7-19(11-12)14(20)10-13(15(21)22)18-16(23)26-17(2,3)4/h12-13H,5-11H2,1-4H3,(H,18,23)(H,21,22). The topological polar surface area (TPSA) is 114 Å². The smallest absolute Gasteiger partial charge is 0.408 e. The minimum atomic E-state index is -1.34. The van der Waals surface area contributed by atoms with E-state index in [9.17, 15) is 19.5 Å². The molecule has 0 aromatic carbocycles. The summed E-state index contributed by atoms with van der Waals surface area (Å²) in [4.78, 5) is 37.0. The average Bonchev–Trinajstić information content (AvgIpc) is 2.98. The van der Waals surface area contributed by atoms with Crippen LogP contribution in [-0.4, -0.2) is 78.6 Å². The first kappa shape index (κ1) is 22.2. The van der Waals surface area contributed by atoms with Crippen LogP contribution in [0.5, 0.6) is 0 Å². The van der Waals surface area contributed by atoms with Gasteiger partial charge in [-0.3, -0.25) is 4.79 Å². The van der Waals surface area contributed by atoms with Crippen LogP contribution >= 0.6 is 0 Å². The Balaban J connectivity index is 2.45. The van der Waals surface area contributed by atoms with Gasteiger partial charge in [-0.05, 0) is 34.1 Å². The van der Waals surface area contributed by atoms with Crippen molar-refractivity contribution in [2.75, 3.05) is 32.9 Å². The van der Waals surface area contributed by atoms with E-state index in [-0.39, 0.29) is 18.4 Å². The van der Waals surface area contributed by atoms with Gasteiger partial charge in [-0.25, -0.2) is 9.59 Å². The molecule has 0 aliphatic carbocycles. The van der Waals surface area contributed by atoms with Crippen molar-refractivity contribution in [3.05, 3.63) is 0 Å². The number of nitrogens with zero attached hydrogens (tertiary/aromatic N) is 1. The van der Waals surface area contributed by atoms with Crippen LogP contribution in [-0.2, 0) is 23.8 Å². The van der Waals surface area contributed by atoms with E-state index in [2.05, 4.69) is 5.32 Å².